The molecule has 1 rings (SSSR count). The van der Waals surface area contributed by atoms with E-state index in [1.807, 2.05) is 0 Å². The monoisotopic (exact) mass is 141 g/mol. The van der Waals surface area contributed by atoms with E-state index in [0.29, 0.717) is 6.04 Å². The molecule has 2 heteroatoms. The summed E-state index contributed by atoms with van der Waals surface area (Å²) in [4.78, 5) is 11.1. The fourth-order valence-corrected chi connectivity index (χ4v) is 1.40. The summed E-state index contributed by atoms with van der Waals surface area (Å²) in [6.07, 6.45) is 3.20. The van der Waals surface area contributed by atoms with Crippen LogP contribution < -0.4 is 5.32 Å². The summed E-state index contributed by atoms with van der Waals surface area (Å²) in [5, 5.41) is 2.94. The first kappa shape index (κ1) is 7.58. The zero-order valence-electron chi connectivity index (χ0n) is 6.68. The summed E-state index contributed by atoms with van der Waals surface area (Å²) < 4.78 is 0. The topological polar surface area (TPSA) is 29.1 Å². The molecule has 0 aromatic heterocycles. The molecule has 2 atom stereocenters. The van der Waals surface area contributed by atoms with Crippen molar-refractivity contribution in [3.63, 3.8) is 0 Å². The molecule has 58 valence electrons. The van der Waals surface area contributed by atoms with Gasteiger partial charge < -0.3 is 5.32 Å². The molecule has 0 saturated carbocycles. The van der Waals surface area contributed by atoms with Gasteiger partial charge in [-0.1, -0.05) is 6.92 Å². The van der Waals surface area contributed by atoms with Gasteiger partial charge in [0.05, 0.1) is 0 Å². The Morgan fingerprint density at radius 3 is 2.80 bits per heavy atom. The zero-order valence-corrected chi connectivity index (χ0v) is 6.68. The summed E-state index contributed by atoms with van der Waals surface area (Å²) in [5.74, 6) is 0.539. The smallest absolute Gasteiger partial charge is 0.223 e. The maximum atomic E-state index is 11.1. The first-order valence-corrected chi connectivity index (χ1v) is 4.04. The largest absolute Gasteiger partial charge is 0.353 e. The van der Waals surface area contributed by atoms with E-state index in [-0.39, 0.29) is 11.8 Å². The van der Waals surface area contributed by atoms with Crippen molar-refractivity contribution in [3.8, 4) is 0 Å². The van der Waals surface area contributed by atoms with Crippen LogP contribution in [0, 0.1) is 5.92 Å². The van der Waals surface area contributed by atoms with Crippen LogP contribution in [0.5, 0.6) is 0 Å². The van der Waals surface area contributed by atoms with E-state index in [4.69, 9.17) is 0 Å². The van der Waals surface area contributed by atoms with Crippen molar-refractivity contribution in [1.82, 2.24) is 5.32 Å². The minimum absolute atomic E-state index is 0.251. The van der Waals surface area contributed by atoms with E-state index in [1.165, 1.54) is 0 Å². The van der Waals surface area contributed by atoms with Crippen molar-refractivity contribution in [2.45, 2.75) is 39.2 Å². The van der Waals surface area contributed by atoms with Gasteiger partial charge in [-0.3, -0.25) is 4.79 Å². The van der Waals surface area contributed by atoms with Crippen molar-refractivity contribution in [2.24, 2.45) is 5.92 Å². The van der Waals surface area contributed by atoms with E-state index in [9.17, 15) is 4.79 Å². The SMILES string of the molecule is CC[C@H]1CC[C@H](C)NC1=O. The van der Waals surface area contributed by atoms with E-state index < -0.39 is 0 Å². The van der Waals surface area contributed by atoms with Gasteiger partial charge in [0.15, 0.2) is 0 Å². The highest BCUT2D eigenvalue weighted by Gasteiger charge is 2.23. The second kappa shape index (κ2) is 3.04. The van der Waals surface area contributed by atoms with E-state index in [2.05, 4.69) is 19.2 Å². The molecule has 0 radical (unpaired) electrons. The Bertz CT molecular complexity index is 133. The molecule has 1 fully saturated rings. The van der Waals surface area contributed by atoms with Crippen LogP contribution in [0.2, 0.25) is 0 Å². The van der Waals surface area contributed by atoms with Gasteiger partial charge in [0.25, 0.3) is 0 Å². The minimum Gasteiger partial charge on any atom is -0.353 e. The number of amides is 1. The van der Waals surface area contributed by atoms with Gasteiger partial charge in [-0.2, -0.15) is 0 Å². The molecule has 2 nitrogen and oxygen atoms in total. The third-order valence-electron chi connectivity index (χ3n) is 2.20. The lowest BCUT2D eigenvalue weighted by Crippen LogP contribution is -2.42. The molecule has 0 bridgehead atoms. The molecule has 1 heterocycles. The number of carbonyl (C=O) groups excluding carboxylic acids is 1. The molecule has 1 aliphatic rings. The van der Waals surface area contributed by atoms with Gasteiger partial charge in [0, 0.05) is 12.0 Å². The lowest BCUT2D eigenvalue weighted by Gasteiger charge is -2.25. The Hall–Kier alpha value is -0.530. The molecule has 0 spiro atoms. The van der Waals surface area contributed by atoms with Gasteiger partial charge in [0.1, 0.15) is 0 Å². The van der Waals surface area contributed by atoms with E-state index in [0.717, 1.165) is 19.3 Å². The molecule has 0 aliphatic carbocycles. The molecule has 1 N–H and O–H groups in total. The van der Waals surface area contributed by atoms with Crippen molar-refractivity contribution in [1.29, 1.82) is 0 Å². The average Bonchev–Trinajstić information content (AvgIpc) is 1.88. The highest BCUT2D eigenvalue weighted by Crippen LogP contribution is 2.17. The molecular formula is C8H15NO. The molecule has 10 heavy (non-hydrogen) atoms. The number of carbonyl (C=O) groups is 1. The zero-order chi connectivity index (χ0) is 7.56. The highest BCUT2D eigenvalue weighted by molar-refractivity contribution is 5.79. The van der Waals surface area contributed by atoms with Crippen LogP contribution >= 0.6 is 0 Å². The van der Waals surface area contributed by atoms with E-state index >= 15 is 0 Å². The normalized spacial score (nSPS) is 33.6. The van der Waals surface area contributed by atoms with Crippen LogP contribution in [0.4, 0.5) is 0 Å². The molecule has 0 unspecified atom stereocenters. The van der Waals surface area contributed by atoms with Crippen molar-refractivity contribution in [3.05, 3.63) is 0 Å². The third-order valence-corrected chi connectivity index (χ3v) is 2.20. The first-order chi connectivity index (χ1) is 4.74. The van der Waals surface area contributed by atoms with Crippen molar-refractivity contribution < 1.29 is 4.79 Å². The van der Waals surface area contributed by atoms with Gasteiger partial charge in [0.2, 0.25) is 5.91 Å². The second-order valence-corrected chi connectivity index (χ2v) is 3.09. The lowest BCUT2D eigenvalue weighted by atomic mass is 9.93. The number of nitrogens with one attached hydrogen (secondary N) is 1. The standard InChI is InChI=1S/C8H15NO/c1-3-7-5-4-6(2)9-8(7)10/h6-7H,3-5H2,1-2H3,(H,9,10)/t6-,7-/m0/s1. The van der Waals surface area contributed by atoms with Gasteiger partial charge in [-0.15, -0.1) is 0 Å². The van der Waals surface area contributed by atoms with Crippen molar-refractivity contribution >= 4 is 5.91 Å². The van der Waals surface area contributed by atoms with Crippen LogP contribution in [0.15, 0.2) is 0 Å². The minimum atomic E-state index is 0.251. The number of rotatable bonds is 1. The predicted molar refractivity (Wildman–Crippen MR) is 40.6 cm³/mol. The lowest BCUT2D eigenvalue weighted by molar-refractivity contribution is -0.127. The predicted octanol–water partition coefficient (Wildman–Crippen LogP) is 1.31. The quantitative estimate of drug-likeness (QED) is 0.586. The molecule has 1 amide bonds. The number of piperidine rings is 1. The fourth-order valence-electron chi connectivity index (χ4n) is 1.40. The van der Waals surface area contributed by atoms with Gasteiger partial charge >= 0.3 is 0 Å². The Morgan fingerprint density at radius 1 is 1.60 bits per heavy atom. The van der Waals surface area contributed by atoms with Crippen LogP contribution in [0.3, 0.4) is 0 Å². The van der Waals surface area contributed by atoms with Crippen molar-refractivity contribution in [2.75, 3.05) is 0 Å². The van der Waals surface area contributed by atoms with Crippen LogP contribution in [0.25, 0.3) is 0 Å². The van der Waals surface area contributed by atoms with E-state index in [1.54, 1.807) is 0 Å². The Balaban J connectivity index is 2.43. The summed E-state index contributed by atoms with van der Waals surface area (Å²) in [6.45, 7) is 4.13. The molecule has 1 aliphatic heterocycles. The Kier molecular flexibility index (Phi) is 2.30. The summed E-state index contributed by atoms with van der Waals surface area (Å²) in [5.41, 5.74) is 0. The van der Waals surface area contributed by atoms with Gasteiger partial charge in [-0.05, 0) is 26.2 Å². The molecule has 0 aromatic carbocycles. The summed E-state index contributed by atoms with van der Waals surface area (Å²) in [6, 6.07) is 0.398. The van der Waals surface area contributed by atoms with Gasteiger partial charge in [-0.25, -0.2) is 0 Å². The fraction of sp³-hybridized carbons (Fsp3) is 0.875. The Morgan fingerprint density at radius 2 is 2.30 bits per heavy atom. The van der Waals surface area contributed by atoms with Crippen LogP contribution in [-0.4, -0.2) is 11.9 Å². The number of hydrogen-bond acceptors (Lipinski definition) is 1. The maximum absolute atomic E-state index is 11.1. The first-order valence-electron chi connectivity index (χ1n) is 4.04. The molecule has 1 saturated heterocycles. The third kappa shape index (κ3) is 1.49. The number of hydrogen-bond donors (Lipinski definition) is 1. The Labute approximate surface area is 62.0 Å². The molecular weight excluding hydrogens is 126 g/mol. The summed E-state index contributed by atoms with van der Waals surface area (Å²) >= 11 is 0. The average molecular weight is 141 g/mol. The molecule has 0 aromatic rings. The highest BCUT2D eigenvalue weighted by atomic mass is 16.2. The second-order valence-electron chi connectivity index (χ2n) is 3.09. The van der Waals surface area contributed by atoms with Crippen LogP contribution in [-0.2, 0) is 4.79 Å². The summed E-state index contributed by atoms with van der Waals surface area (Å²) in [7, 11) is 0. The van der Waals surface area contributed by atoms with Crippen LogP contribution in [0.1, 0.15) is 33.1 Å². The maximum Gasteiger partial charge on any atom is 0.223 e.